The molecular formula is C18H21ClN2S. The van der Waals surface area contributed by atoms with E-state index in [0.717, 1.165) is 22.8 Å². The maximum atomic E-state index is 6.17. The summed E-state index contributed by atoms with van der Waals surface area (Å²) in [5, 5.41) is 4.73. The molecule has 0 heterocycles. The molecule has 0 saturated carbocycles. The number of halogens is 1. The zero-order valence-electron chi connectivity index (χ0n) is 13.1. The number of aryl methyl sites for hydroxylation is 1. The molecule has 0 amide bonds. The first-order valence-corrected chi connectivity index (χ1v) is 8.13. The first-order valence-electron chi connectivity index (χ1n) is 7.35. The number of benzene rings is 2. The topological polar surface area (TPSA) is 15.3 Å². The molecule has 0 bridgehead atoms. The largest absolute Gasteiger partial charge is 0.342 e. The lowest BCUT2D eigenvalue weighted by Crippen LogP contribution is -2.39. The molecule has 0 aliphatic rings. The third-order valence-corrected chi connectivity index (χ3v) is 4.25. The Morgan fingerprint density at radius 3 is 2.45 bits per heavy atom. The van der Waals surface area contributed by atoms with Gasteiger partial charge in [-0.1, -0.05) is 48.0 Å². The van der Waals surface area contributed by atoms with Crippen LogP contribution in [0, 0.1) is 6.92 Å². The van der Waals surface area contributed by atoms with Gasteiger partial charge in [0, 0.05) is 23.3 Å². The molecule has 22 heavy (non-hydrogen) atoms. The molecule has 0 saturated heterocycles. The van der Waals surface area contributed by atoms with Crippen LogP contribution in [0.5, 0.6) is 0 Å². The van der Waals surface area contributed by atoms with Crippen molar-refractivity contribution < 1.29 is 0 Å². The van der Waals surface area contributed by atoms with Crippen molar-refractivity contribution in [1.29, 1.82) is 0 Å². The summed E-state index contributed by atoms with van der Waals surface area (Å²) < 4.78 is 0. The molecule has 0 atom stereocenters. The summed E-state index contributed by atoms with van der Waals surface area (Å²) in [6.45, 7) is 7.04. The minimum atomic E-state index is 0.307. The van der Waals surface area contributed by atoms with Crippen molar-refractivity contribution in [2.45, 2.75) is 33.4 Å². The third kappa shape index (κ3) is 4.46. The molecule has 0 aromatic heterocycles. The lowest BCUT2D eigenvalue weighted by molar-refractivity contribution is 0.348. The Bertz CT molecular complexity index is 641. The Kier molecular flexibility index (Phi) is 5.81. The summed E-state index contributed by atoms with van der Waals surface area (Å²) in [7, 11) is 0. The van der Waals surface area contributed by atoms with Crippen LogP contribution in [0.4, 0.5) is 5.69 Å². The highest BCUT2D eigenvalue weighted by molar-refractivity contribution is 7.80. The number of rotatable bonds is 4. The lowest BCUT2D eigenvalue weighted by Gasteiger charge is -2.30. The smallest absolute Gasteiger partial charge is 0.173 e. The number of thiocarbonyl (C=S) groups is 1. The van der Waals surface area contributed by atoms with Crippen molar-refractivity contribution in [1.82, 2.24) is 4.90 Å². The molecule has 0 aliphatic carbocycles. The van der Waals surface area contributed by atoms with Gasteiger partial charge in [-0.2, -0.15) is 0 Å². The van der Waals surface area contributed by atoms with Crippen LogP contribution in [0.2, 0.25) is 5.02 Å². The van der Waals surface area contributed by atoms with Gasteiger partial charge in [0.25, 0.3) is 0 Å². The summed E-state index contributed by atoms with van der Waals surface area (Å²) in [4.78, 5) is 2.17. The van der Waals surface area contributed by atoms with Gasteiger partial charge in [-0.15, -0.1) is 0 Å². The van der Waals surface area contributed by atoms with Gasteiger partial charge in [0.15, 0.2) is 5.11 Å². The second-order valence-electron chi connectivity index (χ2n) is 5.60. The zero-order chi connectivity index (χ0) is 16.1. The first kappa shape index (κ1) is 16.8. The molecule has 2 nitrogen and oxygen atoms in total. The molecular weight excluding hydrogens is 312 g/mol. The van der Waals surface area contributed by atoms with Crippen LogP contribution in [-0.2, 0) is 6.54 Å². The van der Waals surface area contributed by atoms with E-state index in [1.54, 1.807) is 0 Å². The quantitative estimate of drug-likeness (QED) is 0.769. The molecule has 0 unspecified atom stereocenters. The van der Waals surface area contributed by atoms with Gasteiger partial charge in [-0.3, -0.25) is 0 Å². The third-order valence-electron chi connectivity index (χ3n) is 3.50. The molecule has 0 fully saturated rings. The number of hydrogen-bond acceptors (Lipinski definition) is 1. The molecule has 0 spiro atoms. The highest BCUT2D eigenvalue weighted by Crippen LogP contribution is 2.21. The van der Waals surface area contributed by atoms with Crippen LogP contribution >= 0.6 is 23.8 Å². The van der Waals surface area contributed by atoms with E-state index in [9.17, 15) is 0 Å². The Labute approximate surface area is 143 Å². The molecule has 2 aromatic carbocycles. The Balaban J connectivity index is 2.11. The summed E-state index contributed by atoms with van der Waals surface area (Å²) in [5.41, 5.74) is 3.21. The summed E-state index contributed by atoms with van der Waals surface area (Å²) in [5.74, 6) is 0. The SMILES string of the molecule is Cc1ccc(NC(=S)N(Cc2ccccc2)C(C)C)cc1Cl. The average Bonchev–Trinajstić information content (AvgIpc) is 2.49. The predicted molar refractivity (Wildman–Crippen MR) is 99.5 cm³/mol. The predicted octanol–water partition coefficient (Wildman–Crippen LogP) is 5.26. The highest BCUT2D eigenvalue weighted by atomic mass is 35.5. The van der Waals surface area contributed by atoms with E-state index in [0.29, 0.717) is 11.2 Å². The van der Waals surface area contributed by atoms with Crippen LogP contribution < -0.4 is 5.32 Å². The second kappa shape index (κ2) is 7.61. The van der Waals surface area contributed by atoms with E-state index in [-0.39, 0.29) is 0 Å². The normalized spacial score (nSPS) is 10.6. The molecule has 2 rings (SSSR count). The summed E-state index contributed by atoms with van der Waals surface area (Å²) >= 11 is 11.8. The van der Waals surface area contributed by atoms with Gasteiger partial charge >= 0.3 is 0 Å². The minimum Gasteiger partial charge on any atom is -0.342 e. The average molecular weight is 333 g/mol. The maximum Gasteiger partial charge on any atom is 0.173 e. The van der Waals surface area contributed by atoms with Crippen LogP contribution in [0.25, 0.3) is 0 Å². The zero-order valence-corrected chi connectivity index (χ0v) is 14.7. The fraction of sp³-hybridized carbons (Fsp3) is 0.278. The first-order chi connectivity index (χ1) is 10.5. The fourth-order valence-corrected chi connectivity index (χ4v) is 2.71. The Morgan fingerprint density at radius 2 is 1.86 bits per heavy atom. The van der Waals surface area contributed by atoms with Crippen LogP contribution in [-0.4, -0.2) is 16.1 Å². The monoisotopic (exact) mass is 332 g/mol. The minimum absolute atomic E-state index is 0.307. The number of anilines is 1. The van der Waals surface area contributed by atoms with Gasteiger partial charge in [0.1, 0.15) is 0 Å². The van der Waals surface area contributed by atoms with Crippen molar-refractivity contribution in [3.05, 3.63) is 64.7 Å². The maximum absolute atomic E-state index is 6.17. The van der Waals surface area contributed by atoms with Gasteiger partial charge in [0.2, 0.25) is 0 Å². The summed E-state index contributed by atoms with van der Waals surface area (Å²) in [6.07, 6.45) is 0. The molecule has 4 heteroatoms. The van der Waals surface area contributed by atoms with Gasteiger partial charge in [0.05, 0.1) is 0 Å². The van der Waals surface area contributed by atoms with Gasteiger partial charge < -0.3 is 10.2 Å². The van der Waals surface area contributed by atoms with Crippen molar-refractivity contribution in [3.8, 4) is 0 Å². The lowest BCUT2D eigenvalue weighted by atomic mass is 10.2. The molecule has 0 radical (unpaired) electrons. The number of nitrogens with one attached hydrogen (secondary N) is 1. The standard InChI is InChI=1S/C18H21ClN2S/c1-13(2)21(12-15-7-5-4-6-8-15)18(22)20-16-10-9-14(3)17(19)11-16/h4-11,13H,12H2,1-3H3,(H,20,22). The molecule has 2 aromatic rings. The van der Waals surface area contributed by atoms with Crippen molar-refractivity contribution in [2.24, 2.45) is 0 Å². The Morgan fingerprint density at radius 1 is 1.18 bits per heavy atom. The van der Waals surface area contributed by atoms with E-state index in [1.807, 2.05) is 43.3 Å². The molecule has 0 aliphatic heterocycles. The van der Waals surface area contributed by atoms with E-state index < -0.39 is 0 Å². The second-order valence-corrected chi connectivity index (χ2v) is 6.40. The van der Waals surface area contributed by atoms with Crippen LogP contribution in [0.1, 0.15) is 25.0 Å². The Hall–Kier alpha value is -1.58. The van der Waals surface area contributed by atoms with Gasteiger partial charge in [-0.05, 0) is 56.2 Å². The van der Waals surface area contributed by atoms with E-state index >= 15 is 0 Å². The summed E-state index contributed by atoms with van der Waals surface area (Å²) in [6, 6.07) is 16.5. The molecule has 1 N–H and O–H groups in total. The van der Waals surface area contributed by atoms with E-state index in [4.69, 9.17) is 23.8 Å². The van der Waals surface area contributed by atoms with Crippen molar-refractivity contribution >= 4 is 34.6 Å². The van der Waals surface area contributed by atoms with E-state index in [1.165, 1.54) is 5.56 Å². The van der Waals surface area contributed by atoms with Crippen molar-refractivity contribution in [2.75, 3.05) is 5.32 Å². The highest BCUT2D eigenvalue weighted by Gasteiger charge is 2.14. The number of nitrogens with zero attached hydrogens (tertiary/aromatic N) is 1. The van der Waals surface area contributed by atoms with Crippen LogP contribution in [0.3, 0.4) is 0 Å². The fourth-order valence-electron chi connectivity index (χ4n) is 2.13. The van der Waals surface area contributed by atoms with Crippen molar-refractivity contribution in [3.63, 3.8) is 0 Å². The van der Waals surface area contributed by atoms with Gasteiger partial charge in [-0.25, -0.2) is 0 Å². The number of hydrogen-bond donors (Lipinski definition) is 1. The van der Waals surface area contributed by atoms with E-state index in [2.05, 4.69) is 36.2 Å². The van der Waals surface area contributed by atoms with Crippen LogP contribution in [0.15, 0.2) is 48.5 Å². The molecule has 116 valence electrons.